The maximum atomic E-state index is 12.7. The molecule has 1 heterocycles. The minimum absolute atomic E-state index is 0.0692. The number of anilines is 1. The largest absolute Gasteiger partial charge is 0.331 e. The van der Waals surface area contributed by atoms with Gasteiger partial charge in [0.2, 0.25) is 0 Å². The summed E-state index contributed by atoms with van der Waals surface area (Å²) in [7, 11) is 0. The highest BCUT2D eigenvalue weighted by Gasteiger charge is 2.28. The third-order valence-electron chi connectivity index (χ3n) is 5.14. The smallest absolute Gasteiger partial charge is 0.319 e. The lowest BCUT2D eigenvalue weighted by molar-refractivity contribution is 0.242. The molecule has 0 bridgehead atoms. The second-order valence-electron chi connectivity index (χ2n) is 7.07. The quantitative estimate of drug-likeness (QED) is 0.550. The number of urea groups is 1. The number of amides is 2. The van der Waals surface area contributed by atoms with Gasteiger partial charge in [-0.25, -0.2) is 9.78 Å². The third kappa shape index (κ3) is 4.37. The number of hydrogen-bond donors (Lipinski definition) is 2. The number of nitrogens with zero attached hydrogens (tertiary/aromatic N) is 2. The number of nitrogens with one attached hydrogen (secondary N) is 2. The summed E-state index contributed by atoms with van der Waals surface area (Å²) in [5.74, 6) is 0.411. The average molecular weight is 415 g/mol. The number of benzene rings is 2. The Bertz CT molecular complexity index is 1000. The minimum atomic E-state index is -0.252. The first kappa shape index (κ1) is 19.0. The normalized spacial score (nSPS) is 15.5. The van der Waals surface area contributed by atoms with Crippen molar-refractivity contribution >= 4 is 46.0 Å². The summed E-state index contributed by atoms with van der Waals surface area (Å²) >= 11 is 12.0. The Hall–Kier alpha value is -2.37. The van der Waals surface area contributed by atoms with Crippen LogP contribution in [0.15, 0.2) is 48.7 Å². The van der Waals surface area contributed by atoms with Gasteiger partial charge in [-0.2, -0.15) is 0 Å². The molecule has 1 aromatic heterocycles. The lowest BCUT2D eigenvalue weighted by atomic mass is 9.92. The van der Waals surface area contributed by atoms with Crippen LogP contribution in [0.5, 0.6) is 0 Å². The fourth-order valence-corrected chi connectivity index (χ4v) is 4.18. The van der Waals surface area contributed by atoms with E-state index in [1.165, 1.54) is 19.0 Å². The summed E-state index contributed by atoms with van der Waals surface area (Å²) in [4.78, 5) is 21.2. The Morgan fingerprint density at radius 3 is 2.68 bits per heavy atom. The van der Waals surface area contributed by atoms with Crippen molar-refractivity contribution in [2.75, 3.05) is 5.32 Å². The molecule has 28 heavy (non-hydrogen) atoms. The van der Waals surface area contributed by atoms with Crippen LogP contribution in [0, 0.1) is 5.92 Å². The van der Waals surface area contributed by atoms with E-state index in [1.807, 2.05) is 24.3 Å². The standard InChI is InChI=1S/C21H20Cl2N4O/c22-15-7-3-6-14(10-15)20(13-4-1-2-5-13)27-21(28)25-16-8-9-17-18(11-16)24-12-19(23)26-17/h3,6-13,20H,1-2,4-5H2,(H2,25,27,28). The van der Waals surface area contributed by atoms with Crippen LogP contribution in [0.1, 0.15) is 37.3 Å². The minimum Gasteiger partial charge on any atom is -0.331 e. The van der Waals surface area contributed by atoms with Gasteiger partial charge in [-0.3, -0.25) is 4.98 Å². The molecule has 1 aliphatic rings. The molecule has 2 amide bonds. The van der Waals surface area contributed by atoms with E-state index < -0.39 is 0 Å². The number of halogens is 2. The lowest BCUT2D eigenvalue weighted by Gasteiger charge is -2.25. The molecule has 2 aromatic carbocycles. The number of aromatic nitrogens is 2. The van der Waals surface area contributed by atoms with Crippen LogP contribution in [0.3, 0.4) is 0 Å². The highest BCUT2D eigenvalue weighted by atomic mass is 35.5. The Kier molecular flexibility index (Phi) is 5.64. The van der Waals surface area contributed by atoms with Gasteiger partial charge in [0.25, 0.3) is 0 Å². The van der Waals surface area contributed by atoms with E-state index in [1.54, 1.807) is 18.2 Å². The molecule has 2 N–H and O–H groups in total. The van der Waals surface area contributed by atoms with Gasteiger partial charge < -0.3 is 10.6 Å². The van der Waals surface area contributed by atoms with Gasteiger partial charge in [0.05, 0.1) is 23.3 Å². The summed E-state index contributed by atoms with van der Waals surface area (Å²) in [6.07, 6.45) is 6.07. The fourth-order valence-electron chi connectivity index (χ4n) is 3.84. The lowest BCUT2D eigenvalue weighted by Crippen LogP contribution is -2.35. The van der Waals surface area contributed by atoms with Crippen molar-refractivity contribution in [1.29, 1.82) is 0 Å². The maximum absolute atomic E-state index is 12.7. The first-order valence-corrected chi connectivity index (χ1v) is 10.1. The van der Waals surface area contributed by atoms with Crippen molar-refractivity contribution < 1.29 is 4.79 Å². The molecule has 4 rings (SSSR count). The Labute approximate surface area is 173 Å². The predicted octanol–water partition coefficient (Wildman–Crippen LogP) is 5.99. The van der Waals surface area contributed by atoms with E-state index in [9.17, 15) is 4.79 Å². The maximum Gasteiger partial charge on any atom is 0.319 e. The van der Waals surface area contributed by atoms with E-state index in [0.29, 0.717) is 32.8 Å². The van der Waals surface area contributed by atoms with Crippen molar-refractivity contribution in [3.63, 3.8) is 0 Å². The summed E-state index contributed by atoms with van der Waals surface area (Å²) < 4.78 is 0. The molecule has 0 saturated heterocycles. The molecule has 3 aromatic rings. The molecule has 0 aliphatic heterocycles. The first-order valence-electron chi connectivity index (χ1n) is 9.34. The van der Waals surface area contributed by atoms with Crippen molar-refractivity contribution in [1.82, 2.24) is 15.3 Å². The summed E-state index contributed by atoms with van der Waals surface area (Å²) in [5.41, 5.74) is 3.04. The molecule has 1 unspecified atom stereocenters. The average Bonchev–Trinajstić information content (AvgIpc) is 3.21. The molecule has 0 radical (unpaired) electrons. The number of carbonyl (C=O) groups excluding carboxylic acids is 1. The van der Waals surface area contributed by atoms with E-state index in [0.717, 1.165) is 18.4 Å². The van der Waals surface area contributed by atoms with E-state index in [2.05, 4.69) is 20.6 Å². The second kappa shape index (κ2) is 8.33. The molecule has 0 spiro atoms. The monoisotopic (exact) mass is 414 g/mol. The van der Waals surface area contributed by atoms with Crippen LogP contribution in [-0.4, -0.2) is 16.0 Å². The molecular formula is C21H20Cl2N4O. The number of hydrogen-bond acceptors (Lipinski definition) is 3. The SMILES string of the molecule is O=C(Nc1ccc2nc(Cl)cnc2c1)NC(c1cccc(Cl)c1)C1CCCC1. The molecular weight excluding hydrogens is 395 g/mol. The predicted molar refractivity (Wildman–Crippen MR) is 113 cm³/mol. The van der Waals surface area contributed by atoms with Crippen LogP contribution in [0.25, 0.3) is 11.0 Å². The van der Waals surface area contributed by atoms with Crippen LogP contribution in [0.2, 0.25) is 10.2 Å². The van der Waals surface area contributed by atoms with Crippen molar-refractivity contribution in [3.05, 3.63) is 64.4 Å². The van der Waals surface area contributed by atoms with Crippen LogP contribution in [-0.2, 0) is 0 Å². The Morgan fingerprint density at radius 1 is 1.07 bits per heavy atom. The molecule has 1 aliphatic carbocycles. The van der Waals surface area contributed by atoms with Crippen molar-refractivity contribution in [2.45, 2.75) is 31.7 Å². The number of rotatable bonds is 4. The van der Waals surface area contributed by atoms with Gasteiger partial charge >= 0.3 is 6.03 Å². The van der Waals surface area contributed by atoms with Crippen LogP contribution in [0.4, 0.5) is 10.5 Å². The summed E-state index contributed by atoms with van der Waals surface area (Å²) in [6.45, 7) is 0. The second-order valence-corrected chi connectivity index (χ2v) is 7.90. The van der Waals surface area contributed by atoms with Gasteiger partial charge in [0, 0.05) is 10.7 Å². The van der Waals surface area contributed by atoms with E-state index in [4.69, 9.17) is 23.2 Å². The van der Waals surface area contributed by atoms with Crippen LogP contribution >= 0.6 is 23.2 Å². The summed E-state index contributed by atoms with van der Waals surface area (Å²) in [6, 6.07) is 12.8. The van der Waals surface area contributed by atoms with Gasteiger partial charge in [0.15, 0.2) is 0 Å². The number of carbonyl (C=O) groups is 1. The molecule has 1 atom stereocenters. The van der Waals surface area contributed by atoms with Gasteiger partial charge in [0.1, 0.15) is 5.15 Å². The van der Waals surface area contributed by atoms with Gasteiger partial charge in [-0.15, -0.1) is 0 Å². The molecule has 144 valence electrons. The van der Waals surface area contributed by atoms with Crippen molar-refractivity contribution in [3.8, 4) is 0 Å². The zero-order valence-electron chi connectivity index (χ0n) is 15.2. The Morgan fingerprint density at radius 2 is 1.89 bits per heavy atom. The molecule has 1 saturated carbocycles. The fraction of sp³-hybridized carbons (Fsp3) is 0.286. The van der Waals surface area contributed by atoms with Gasteiger partial charge in [-0.1, -0.05) is 48.2 Å². The first-order chi connectivity index (χ1) is 13.6. The zero-order valence-corrected chi connectivity index (χ0v) is 16.7. The molecule has 1 fully saturated rings. The zero-order chi connectivity index (χ0) is 19.5. The Balaban J connectivity index is 1.52. The molecule has 7 heteroatoms. The topological polar surface area (TPSA) is 66.9 Å². The van der Waals surface area contributed by atoms with E-state index >= 15 is 0 Å². The van der Waals surface area contributed by atoms with Crippen LogP contribution < -0.4 is 10.6 Å². The van der Waals surface area contributed by atoms with Gasteiger partial charge in [-0.05, 0) is 54.7 Å². The summed E-state index contributed by atoms with van der Waals surface area (Å²) in [5, 5.41) is 7.06. The molecule has 5 nitrogen and oxygen atoms in total. The third-order valence-corrected chi connectivity index (χ3v) is 5.55. The highest BCUT2D eigenvalue weighted by Crippen LogP contribution is 2.36. The van der Waals surface area contributed by atoms with Crippen molar-refractivity contribution in [2.24, 2.45) is 5.92 Å². The number of fused-ring (bicyclic) bond motifs is 1. The highest BCUT2D eigenvalue weighted by molar-refractivity contribution is 6.30. The van der Waals surface area contributed by atoms with E-state index in [-0.39, 0.29) is 12.1 Å².